The molecule has 0 saturated heterocycles. The Morgan fingerprint density at radius 2 is 0.980 bits per heavy atom. The van der Waals surface area contributed by atoms with Gasteiger partial charge in [0, 0.05) is 25.3 Å². The monoisotopic (exact) mass is 717 g/mol. The van der Waals surface area contributed by atoms with Gasteiger partial charge in [-0.1, -0.05) is 157 Å². The van der Waals surface area contributed by atoms with E-state index < -0.39 is 59.2 Å². The fraction of sp³-hybridized carbons (Fsp3) is 0.632. The van der Waals surface area contributed by atoms with Crippen LogP contribution in [-0.4, -0.2) is 51.1 Å². The summed E-state index contributed by atoms with van der Waals surface area (Å²) in [5.74, 6) is -3.39. The van der Waals surface area contributed by atoms with Crippen molar-refractivity contribution in [1.29, 1.82) is 0 Å². The molecular formula is C38H53F6NO5. The number of hydrogen-bond donors (Lipinski definition) is 1. The van der Waals surface area contributed by atoms with Crippen molar-refractivity contribution in [2.75, 3.05) is 20.8 Å². The van der Waals surface area contributed by atoms with Crippen molar-refractivity contribution in [3.05, 3.63) is 71.8 Å². The van der Waals surface area contributed by atoms with E-state index in [1.54, 1.807) is 0 Å². The topological polar surface area (TPSA) is 73.9 Å². The van der Waals surface area contributed by atoms with Gasteiger partial charge in [-0.15, -0.1) is 0 Å². The Morgan fingerprint density at radius 3 is 1.36 bits per heavy atom. The van der Waals surface area contributed by atoms with Crippen LogP contribution in [0.3, 0.4) is 0 Å². The first-order valence-electron chi connectivity index (χ1n) is 17.6. The second-order valence-electron chi connectivity index (χ2n) is 12.7. The number of rotatable bonds is 24. The second-order valence-corrected chi connectivity index (χ2v) is 12.7. The molecule has 1 N–H and O–H groups in total. The highest BCUT2D eigenvalue weighted by molar-refractivity contribution is 5.88. The molecule has 2 aromatic carbocycles. The maximum atomic E-state index is 14.6. The SMILES string of the molecule is CCCCCCCCCCCCCCCC[C@H](COC(=O)[C@](OC)(c1ccccc1)C(F)(F)F)NC(=O)[C@](OC)(c1ccccc1)C(F)(F)F. The van der Waals surface area contributed by atoms with E-state index in [0.29, 0.717) is 20.0 Å². The van der Waals surface area contributed by atoms with Gasteiger partial charge in [0.15, 0.2) is 0 Å². The molecule has 0 spiro atoms. The van der Waals surface area contributed by atoms with Crippen molar-refractivity contribution >= 4 is 11.9 Å². The Hall–Kier alpha value is -3.12. The minimum absolute atomic E-state index is 0.0425. The molecule has 6 nitrogen and oxygen atoms in total. The third-order valence-corrected chi connectivity index (χ3v) is 9.04. The van der Waals surface area contributed by atoms with Gasteiger partial charge in [-0.25, -0.2) is 4.79 Å². The Kier molecular flexibility index (Phi) is 18.3. The van der Waals surface area contributed by atoms with Crippen LogP contribution in [0, 0.1) is 0 Å². The molecule has 0 aliphatic rings. The molecule has 0 fully saturated rings. The number of nitrogens with one attached hydrogen (secondary N) is 1. The first kappa shape index (κ1) is 43.0. The molecule has 0 aromatic heterocycles. The number of benzene rings is 2. The smallest absolute Gasteiger partial charge is 0.432 e. The highest BCUT2D eigenvalue weighted by Gasteiger charge is 2.65. The fourth-order valence-electron chi connectivity index (χ4n) is 6.16. The van der Waals surface area contributed by atoms with Gasteiger partial charge in [-0.2, -0.15) is 26.3 Å². The van der Waals surface area contributed by atoms with E-state index in [9.17, 15) is 35.9 Å². The minimum Gasteiger partial charge on any atom is -0.461 e. The molecule has 12 heteroatoms. The summed E-state index contributed by atoms with van der Waals surface area (Å²) in [6.45, 7) is 1.37. The molecule has 0 aliphatic heterocycles. The van der Waals surface area contributed by atoms with Crippen molar-refractivity contribution in [1.82, 2.24) is 5.32 Å². The normalized spacial score (nSPS) is 15.1. The van der Waals surface area contributed by atoms with Crippen LogP contribution < -0.4 is 5.32 Å². The van der Waals surface area contributed by atoms with E-state index >= 15 is 0 Å². The number of ether oxygens (including phenoxy) is 3. The molecule has 2 rings (SSSR count). The second kappa shape index (κ2) is 21.3. The number of esters is 1. The van der Waals surface area contributed by atoms with Crippen molar-refractivity contribution < 1.29 is 50.1 Å². The lowest BCUT2D eigenvalue weighted by atomic mass is 9.91. The summed E-state index contributed by atoms with van der Waals surface area (Å²) in [5, 5.41) is 2.28. The summed E-state index contributed by atoms with van der Waals surface area (Å²) in [6.07, 6.45) is 4.59. The van der Waals surface area contributed by atoms with Crippen molar-refractivity contribution in [3.8, 4) is 0 Å². The quantitative estimate of drug-likeness (QED) is 0.0665. The summed E-state index contributed by atoms with van der Waals surface area (Å²) in [6, 6.07) is 11.2. The number of unbranched alkanes of at least 4 members (excludes halogenated alkanes) is 13. The lowest BCUT2D eigenvalue weighted by Crippen LogP contribution is -2.58. The Morgan fingerprint density at radius 1 is 0.600 bits per heavy atom. The molecule has 0 aliphatic carbocycles. The molecule has 0 heterocycles. The van der Waals surface area contributed by atoms with E-state index in [1.165, 1.54) is 87.8 Å². The van der Waals surface area contributed by atoms with Crippen LogP contribution in [0.2, 0.25) is 0 Å². The Bertz CT molecular complexity index is 1240. The van der Waals surface area contributed by atoms with Gasteiger partial charge in [0.05, 0.1) is 6.04 Å². The van der Waals surface area contributed by atoms with E-state index in [0.717, 1.165) is 57.1 Å². The molecule has 50 heavy (non-hydrogen) atoms. The van der Waals surface area contributed by atoms with Gasteiger partial charge in [0.2, 0.25) is 0 Å². The Labute approximate surface area is 292 Å². The number of carbonyl (C=O) groups is 2. The number of amides is 1. The van der Waals surface area contributed by atoms with Gasteiger partial charge in [0.1, 0.15) is 6.61 Å². The van der Waals surface area contributed by atoms with Gasteiger partial charge in [0.25, 0.3) is 17.1 Å². The first-order valence-corrected chi connectivity index (χ1v) is 17.6. The Balaban J connectivity index is 2.12. The first-order chi connectivity index (χ1) is 23.8. The van der Waals surface area contributed by atoms with Crippen LogP contribution in [-0.2, 0) is 35.0 Å². The number of methoxy groups -OCH3 is 2. The van der Waals surface area contributed by atoms with Crippen LogP contribution in [0.15, 0.2) is 60.7 Å². The zero-order valence-corrected chi connectivity index (χ0v) is 29.5. The molecular weight excluding hydrogens is 664 g/mol. The third-order valence-electron chi connectivity index (χ3n) is 9.04. The number of hydrogen-bond acceptors (Lipinski definition) is 5. The van der Waals surface area contributed by atoms with Gasteiger partial charge >= 0.3 is 18.3 Å². The summed E-state index contributed by atoms with van der Waals surface area (Å²) in [5.41, 5.74) is -7.94. The van der Waals surface area contributed by atoms with Crippen LogP contribution >= 0.6 is 0 Å². The maximum Gasteiger partial charge on any atom is 0.432 e. The third kappa shape index (κ3) is 11.7. The highest BCUT2D eigenvalue weighted by Crippen LogP contribution is 2.44. The number of carbonyl (C=O) groups excluding carboxylic acids is 2. The standard InChI is InChI=1S/C38H53F6NO5/c1-4-5-6-7-8-9-10-11-12-13-14-15-16-23-28-32(45-33(46)35(48-2,37(39,40)41)30-24-19-17-20-25-30)29-50-34(47)36(49-3,38(42,43)44)31-26-21-18-22-27-31/h17-22,24-27,32H,4-16,23,28-29H2,1-3H3,(H,45,46)/t32-,35-,36-/m1/s1. The molecule has 0 saturated carbocycles. The predicted octanol–water partition coefficient (Wildman–Crippen LogP) is 10.1. The molecule has 282 valence electrons. The van der Waals surface area contributed by atoms with Crippen LogP contribution in [0.4, 0.5) is 26.3 Å². The van der Waals surface area contributed by atoms with Crippen LogP contribution in [0.1, 0.15) is 114 Å². The van der Waals surface area contributed by atoms with Crippen molar-refractivity contribution in [2.45, 2.75) is 133 Å². The number of alkyl halides is 6. The van der Waals surface area contributed by atoms with Gasteiger partial charge < -0.3 is 19.5 Å². The average molecular weight is 718 g/mol. The highest BCUT2D eigenvalue weighted by atomic mass is 19.4. The predicted molar refractivity (Wildman–Crippen MR) is 180 cm³/mol. The lowest BCUT2D eigenvalue weighted by Gasteiger charge is -2.35. The molecule has 3 atom stereocenters. The summed E-state index contributed by atoms with van der Waals surface area (Å²) in [4.78, 5) is 26.7. The van der Waals surface area contributed by atoms with Crippen LogP contribution in [0.5, 0.6) is 0 Å². The van der Waals surface area contributed by atoms with Gasteiger partial charge in [-0.3, -0.25) is 4.79 Å². The molecule has 1 amide bonds. The molecule has 0 bridgehead atoms. The van der Waals surface area contributed by atoms with E-state index in [2.05, 4.69) is 12.2 Å². The van der Waals surface area contributed by atoms with Crippen molar-refractivity contribution in [2.24, 2.45) is 0 Å². The van der Waals surface area contributed by atoms with E-state index in [-0.39, 0.29) is 6.42 Å². The fourth-order valence-corrected chi connectivity index (χ4v) is 6.16. The minimum atomic E-state index is -5.25. The van der Waals surface area contributed by atoms with Crippen molar-refractivity contribution in [3.63, 3.8) is 0 Å². The summed E-state index contributed by atoms with van der Waals surface area (Å²) < 4.78 is 102. The van der Waals surface area contributed by atoms with Gasteiger partial charge in [-0.05, 0) is 6.42 Å². The maximum absolute atomic E-state index is 14.6. The summed E-state index contributed by atoms with van der Waals surface area (Å²) in [7, 11) is 1.46. The molecule has 0 radical (unpaired) electrons. The molecule has 2 aromatic rings. The zero-order valence-electron chi connectivity index (χ0n) is 29.5. The summed E-state index contributed by atoms with van der Waals surface area (Å²) >= 11 is 0. The lowest BCUT2D eigenvalue weighted by molar-refractivity contribution is -0.277. The van der Waals surface area contributed by atoms with E-state index in [1.807, 2.05) is 0 Å². The van der Waals surface area contributed by atoms with E-state index in [4.69, 9.17) is 14.2 Å². The number of halogens is 6. The zero-order chi connectivity index (χ0) is 37.1. The largest absolute Gasteiger partial charge is 0.461 e. The average Bonchev–Trinajstić information content (AvgIpc) is 3.08. The molecule has 0 unspecified atom stereocenters. The van der Waals surface area contributed by atoms with Crippen LogP contribution in [0.25, 0.3) is 0 Å².